The molecule has 126 valence electrons. The van der Waals surface area contributed by atoms with Gasteiger partial charge < -0.3 is 14.7 Å². The first kappa shape index (κ1) is 16.4. The van der Waals surface area contributed by atoms with Gasteiger partial charge in [0.2, 0.25) is 0 Å². The molecule has 1 amide bonds. The van der Waals surface area contributed by atoms with Gasteiger partial charge in [0.25, 0.3) is 5.91 Å². The maximum atomic E-state index is 13.2. The second-order valence-electron chi connectivity index (χ2n) is 6.27. The molecule has 0 saturated heterocycles. The summed E-state index contributed by atoms with van der Waals surface area (Å²) in [5.41, 5.74) is 2.09. The van der Waals surface area contributed by atoms with Gasteiger partial charge in [-0.2, -0.15) is 0 Å². The minimum absolute atomic E-state index is 0.0195. The summed E-state index contributed by atoms with van der Waals surface area (Å²) in [6.07, 6.45) is 1.17. The highest BCUT2D eigenvalue weighted by molar-refractivity contribution is 6.02. The Morgan fingerprint density at radius 2 is 1.83 bits per heavy atom. The molecule has 24 heavy (non-hydrogen) atoms. The number of benzene rings is 2. The van der Waals surface area contributed by atoms with E-state index in [2.05, 4.69) is 0 Å². The number of hydrogen-bond donors (Lipinski definition) is 1. The summed E-state index contributed by atoms with van der Waals surface area (Å²) in [7, 11) is 0. The monoisotopic (exact) mass is 325 g/mol. The molecule has 0 aliphatic carbocycles. The third-order valence-corrected chi connectivity index (χ3v) is 4.91. The molecule has 0 unspecified atom stereocenters. The molecule has 1 aliphatic rings. The Morgan fingerprint density at radius 3 is 2.50 bits per heavy atom. The number of rotatable bonds is 4. The summed E-state index contributed by atoms with van der Waals surface area (Å²) in [5.74, 6) is 0.681. The molecular weight excluding hydrogens is 302 g/mol. The number of nitrogens with zero attached hydrogens (tertiary/aromatic N) is 1. The van der Waals surface area contributed by atoms with Crippen molar-refractivity contribution in [3.8, 4) is 11.5 Å². The molecule has 1 N–H and O–H groups in total. The zero-order valence-corrected chi connectivity index (χ0v) is 14.4. The lowest BCUT2D eigenvalue weighted by Gasteiger charge is -2.42. The smallest absolute Gasteiger partial charge is 0.271 e. The Labute approximate surface area is 142 Å². The van der Waals surface area contributed by atoms with E-state index >= 15 is 0 Å². The number of carbonyl (C=O) groups excluding carboxylic acids is 1. The maximum absolute atomic E-state index is 13.2. The second kappa shape index (κ2) is 6.19. The largest absolute Gasteiger partial charge is 0.508 e. The zero-order chi connectivity index (χ0) is 17.3. The number of aryl methyl sites for hydroxylation is 1. The first-order chi connectivity index (χ1) is 11.5. The van der Waals surface area contributed by atoms with Crippen molar-refractivity contribution in [3.63, 3.8) is 0 Å². The second-order valence-corrected chi connectivity index (χ2v) is 6.27. The molecule has 2 aromatic rings. The van der Waals surface area contributed by atoms with Crippen LogP contribution in [0.25, 0.3) is 0 Å². The van der Waals surface area contributed by atoms with E-state index < -0.39 is 5.60 Å². The molecule has 4 heteroatoms. The normalized spacial score (nSPS) is 15.8. The molecule has 0 saturated carbocycles. The average Bonchev–Trinajstić information content (AvgIpc) is 2.59. The van der Waals surface area contributed by atoms with E-state index in [1.807, 2.05) is 45.0 Å². The first-order valence-corrected chi connectivity index (χ1v) is 8.39. The number of amides is 1. The van der Waals surface area contributed by atoms with Crippen LogP contribution in [-0.4, -0.2) is 16.6 Å². The van der Waals surface area contributed by atoms with Gasteiger partial charge in [0.05, 0.1) is 12.2 Å². The van der Waals surface area contributed by atoms with Gasteiger partial charge in [-0.3, -0.25) is 4.79 Å². The van der Waals surface area contributed by atoms with Crippen molar-refractivity contribution in [3.05, 3.63) is 53.6 Å². The van der Waals surface area contributed by atoms with E-state index in [9.17, 15) is 9.90 Å². The average molecular weight is 325 g/mol. The van der Waals surface area contributed by atoms with Crippen LogP contribution in [0, 0.1) is 6.92 Å². The molecule has 3 rings (SSSR count). The van der Waals surface area contributed by atoms with Crippen LogP contribution < -0.4 is 9.64 Å². The summed E-state index contributed by atoms with van der Waals surface area (Å²) in [4.78, 5) is 15.0. The predicted octanol–water partition coefficient (Wildman–Crippen LogP) is 4.19. The molecule has 1 heterocycles. The fraction of sp³-hybridized carbons (Fsp3) is 0.350. The number of fused-ring (bicyclic) bond motifs is 1. The van der Waals surface area contributed by atoms with Gasteiger partial charge in [-0.25, -0.2) is 0 Å². The Kier molecular flexibility index (Phi) is 4.22. The summed E-state index contributed by atoms with van der Waals surface area (Å²) in [6, 6.07) is 13.0. The highest BCUT2D eigenvalue weighted by atomic mass is 16.5. The van der Waals surface area contributed by atoms with Gasteiger partial charge in [0.1, 0.15) is 11.5 Å². The van der Waals surface area contributed by atoms with Crippen LogP contribution in [0.5, 0.6) is 11.5 Å². The van der Waals surface area contributed by atoms with Crippen molar-refractivity contribution < 1.29 is 14.6 Å². The molecule has 0 atom stereocenters. The predicted molar refractivity (Wildman–Crippen MR) is 94.4 cm³/mol. The van der Waals surface area contributed by atoms with Crippen LogP contribution in [0.4, 0.5) is 5.69 Å². The van der Waals surface area contributed by atoms with Gasteiger partial charge in [-0.15, -0.1) is 0 Å². The number of phenols is 1. The van der Waals surface area contributed by atoms with Gasteiger partial charge in [0, 0.05) is 6.07 Å². The van der Waals surface area contributed by atoms with Crippen LogP contribution in [0.15, 0.2) is 42.5 Å². The van der Waals surface area contributed by atoms with Crippen LogP contribution in [0.1, 0.15) is 37.8 Å². The van der Waals surface area contributed by atoms with E-state index in [1.165, 1.54) is 0 Å². The molecule has 0 fully saturated rings. The van der Waals surface area contributed by atoms with Crippen molar-refractivity contribution in [1.82, 2.24) is 0 Å². The van der Waals surface area contributed by atoms with Crippen LogP contribution >= 0.6 is 0 Å². The van der Waals surface area contributed by atoms with Crippen molar-refractivity contribution in [2.75, 3.05) is 4.90 Å². The number of phenolic OH excluding ortho intramolecular Hbond substituents is 1. The first-order valence-electron chi connectivity index (χ1n) is 8.39. The third kappa shape index (κ3) is 2.62. The standard InChI is InChI=1S/C20H23NO3/c1-4-20(5-2)19(23)21(13-15-9-7-6-8-14(15)3)17-11-10-16(22)12-18(17)24-20/h6-12,22H,4-5,13H2,1-3H3. The van der Waals surface area contributed by atoms with Gasteiger partial charge in [-0.1, -0.05) is 38.1 Å². The zero-order valence-electron chi connectivity index (χ0n) is 14.4. The van der Waals surface area contributed by atoms with Crippen molar-refractivity contribution in [2.45, 2.75) is 45.8 Å². The molecule has 0 radical (unpaired) electrons. The Hall–Kier alpha value is -2.49. The molecule has 0 spiro atoms. The lowest BCUT2D eigenvalue weighted by Crippen LogP contribution is -2.55. The summed E-state index contributed by atoms with van der Waals surface area (Å²) >= 11 is 0. The highest BCUT2D eigenvalue weighted by Gasteiger charge is 2.45. The number of aromatic hydroxyl groups is 1. The molecule has 0 aromatic heterocycles. The molecule has 2 aromatic carbocycles. The number of anilines is 1. The summed E-state index contributed by atoms with van der Waals surface area (Å²) in [6.45, 7) is 6.46. The van der Waals surface area contributed by atoms with Gasteiger partial charge in [-0.05, 0) is 43.0 Å². The van der Waals surface area contributed by atoms with E-state index in [0.717, 1.165) is 11.1 Å². The van der Waals surface area contributed by atoms with E-state index in [0.29, 0.717) is 30.8 Å². The quantitative estimate of drug-likeness (QED) is 0.917. The van der Waals surface area contributed by atoms with Gasteiger partial charge in [0.15, 0.2) is 5.60 Å². The summed E-state index contributed by atoms with van der Waals surface area (Å²) < 4.78 is 6.06. The van der Waals surface area contributed by atoms with Crippen LogP contribution in [0.3, 0.4) is 0 Å². The SMILES string of the molecule is CCC1(CC)Oc2cc(O)ccc2N(Cc2ccccc2C)C1=O. The minimum Gasteiger partial charge on any atom is -0.508 e. The van der Waals surface area contributed by atoms with E-state index in [4.69, 9.17) is 4.74 Å². The Bertz CT molecular complexity index is 765. The number of carbonyl (C=O) groups is 1. The molecule has 4 nitrogen and oxygen atoms in total. The molecule has 0 bridgehead atoms. The van der Waals surface area contributed by atoms with Crippen LogP contribution in [-0.2, 0) is 11.3 Å². The van der Waals surface area contributed by atoms with Crippen molar-refractivity contribution >= 4 is 11.6 Å². The number of ether oxygens (including phenoxy) is 1. The van der Waals surface area contributed by atoms with Crippen molar-refractivity contribution in [2.24, 2.45) is 0 Å². The van der Waals surface area contributed by atoms with Crippen LogP contribution in [0.2, 0.25) is 0 Å². The van der Waals surface area contributed by atoms with E-state index in [1.54, 1.807) is 23.1 Å². The summed E-state index contributed by atoms with van der Waals surface area (Å²) in [5, 5.41) is 9.81. The van der Waals surface area contributed by atoms with E-state index in [-0.39, 0.29) is 11.7 Å². The number of hydrogen-bond acceptors (Lipinski definition) is 3. The molecule has 1 aliphatic heterocycles. The topological polar surface area (TPSA) is 49.8 Å². The Balaban J connectivity index is 2.09. The maximum Gasteiger partial charge on any atom is 0.271 e. The lowest BCUT2D eigenvalue weighted by molar-refractivity contribution is -0.136. The fourth-order valence-electron chi connectivity index (χ4n) is 3.23. The fourth-order valence-corrected chi connectivity index (χ4v) is 3.23. The highest BCUT2D eigenvalue weighted by Crippen LogP contribution is 2.43. The molecular formula is C20H23NO3. The minimum atomic E-state index is -0.872. The third-order valence-electron chi connectivity index (χ3n) is 4.91. The van der Waals surface area contributed by atoms with Gasteiger partial charge >= 0.3 is 0 Å². The van der Waals surface area contributed by atoms with Crippen molar-refractivity contribution in [1.29, 1.82) is 0 Å². The Morgan fingerprint density at radius 1 is 1.12 bits per heavy atom. The lowest BCUT2D eigenvalue weighted by atomic mass is 9.92.